The third kappa shape index (κ3) is 3.58. The molecule has 1 saturated heterocycles. The molecule has 3 aliphatic rings. The molecule has 1 saturated carbocycles. The van der Waals surface area contributed by atoms with Crippen LogP contribution in [0.3, 0.4) is 0 Å². The summed E-state index contributed by atoms with van der Waals surface area (Å²) in [7, 11) is 0. The predicted molar refractivity (Wildman–Crippen MR) is 142 cm³/mol. The second kappa shape index (κ2) is 9.26. The van der Waals surface area contributed by atoms with Gasteiger partial charge in [-0.15, -0.1) is 0 Å². The van der Waals surface area contributed by atoms with Crippen LogP contribution in [-0.4, -0.2) is 46.3 Å². The van der Waals surface area contributed by atoms with E-state index in [0.717, 1.165) is 11.1 Å². The summed E-state index contributed by atoms with van der Waals surface area (Å²) >= 11 is 0. The van der Waals surface area contributed by atoms with E-state index in [0.29, 0.717) is 5.56 Å². The highest BCUT2D eigenvalue weighted by Crippen LogP contribution is 2.72. The van der Waals surface area contributed by atoms with Gasteiger partial charge in [-0.05, 0) is 49.7 Å². The molecule has 5 rings (SSSR count). The van der Waals surface area contributed by atoms with Crippen molar-refractivity contribution in [2.75, 3.05) is 13.2 Å². The zero-order valence-electron chi connectivity index (χ0n) is 22.9. The van der Waals surface area contributed by atoms with E-state index in [4.69, 9.17) is 9.47 Å². The van der Waals surface area contributed by atoms with Crippen molar-refractivity contribution in [1.29, 1.82) is 0 Å². The van der Waals surface area contributed by atoms with Gasteiger partial charge in [0, 0.05) is 36.2 Å². The molecule has 2 heterocycles. The molecule has 2 aliphatic heterocycles. The Morgan fingerprint density at radius 1 is 1.05 bits per heavy atom. The Labute approximate surface area is 227 Å². The van der Waals surface area contributed by atoms with E-state index in [9.17, 15) is 24.5 Å². The molecule has 0 unspecified atom stereocenters. The highest BCUT2D eigenvalue weighted by atomic mass is 16.6. The van der Waals surface area contributed by atoms with Crippen molar-refractivity contribution in [2.45, 2.75) is 65.1 Å². The van der Waals surface area contributed by atoms with Gasteiger partial charge < -0.3 is 9.47 Å². The monoisotopic (exact) mass is 534 g/mol. The van der Waals surface area contributed by atoms with E-state index in [1.165, 1.54) is 12.1 Å². The molecule has 1 spiro atoms. The maximum absolute atomic E-state index is 14.7. The van der Waals surface area contributed by atoms with E-state index < -0.39 is 33.2 Å². The first-order valence-electron chi connectivity index (χ1n) is 13.5. The zero-order valence-corrected chi connectivity index (χ0v) is 22.9. The smallest absolute Gasteiger partial charge is 0.323 e. The van der Waals surface area contributed by atoms with Crippen LogP contribution in [-0.2, 0) is 19.1 Å². The van der Waals surface area contributed by atoms with Gasteiger partial charge in [0.1, 0.15) is 0 Å². The number of ketones is 1. The SMILES string of the molecule is CCOC(=O)C1(C(=O)OCC)C[C@@H]2C(C)(C)[C@H]3c4ccccc4C(=O)[C@]2(C1)N3[C@@H](C)c1ccc([N+](=O)[O-])cc1. The van der Waals surface area contributed by atoms with Crippen LogP contribution < -0.4 is 0 Å². The van der Waals surface area contributed by atoms with Crippen molar-refractivity contribution in [3.05, 3.63) is 75.3 Å². The van der Waals surface area contributed by atoms with Crippen molar-refractivity contribution >= 4 is 23.4 Å². The van der Waals surface area contributed by atoms with Crippen molar-refractivity contribution < 1.29 is 28.8 Å². The average Bonchev–Trinajstić information content (AvgIpc) is 3.36. The number of rotatable bonds is 7. The molecule has 0 aromatic heterocycles. The molecular weight excluding hydrogens is 500 g/mol. The molecule has 0 N–H and O–H groups in total. The van der Waals surface area contributed by atoms with Gasteiger partial charge in [0.15, 0.2) is 11.2 Å². The van der Waals surface area contributed by atoms with Crippen LogP contribution in [0.4, 0.5) is 5.69 Å². The summed E-state index contributed by atoms with van der Waals surface area (Å²) < 4.78 is 10.9. The van der Waals surface area contributed by atoms with Crippen LogP contribution in [0.15, 0.2) is 48.5 Å². The molecule has 9 heteroatoms. The van der Waals surface area contributed by atoms with Gasteiger partial charge in [-0.1, -0.05) is 50.2 Å². The molecular formula is C30H34N2O7. The van der Waals surface area contributed by atoms with Crippen molar-refractivity contribution in [3.63, 3.8) is 0 Å². The van der Waals surface area contributed by atoms with Gasteiger partial charge in [0.25, 0.3) is 5.69 Å². The third-order valence-corrected chi connectivity index (χ3v) is 9.27. The first-order chi connectivity index (χ1) is 18.5. The van der Waals surface area contributed by atoms with Crippen LogP contribution in [0.25, 0.3) is 0 Å². The fourth-order valence-corrected chi connectivity index (χ4v) is 7.72. The summed E-state index contributed by atoms with van der Waals surface area (Å²) in [6.45, 7) is 9.76. The van der Waals surface area contributed by atoms with Gasteiger partial charge in [-0.25, -0.2) is 0 Å². The number of ether oxygens (including phenoxy) is 2. The molecule has 206 valence electrons. The summed E-state index contributed by atoms with van der Waals surface area (Å²) in [5, 5.41) is 11.3. The summed E-state index contributed by atoms with van der Waals surface area (Å²) in [6, 6.07) is 13.4. The lowest BCUT2D eigenvalue weighted by Crippen LogP contribution is -2.57. The summed E-state index contributed by atoms with van der Waals surface area (Å²) in [5.41, 5.74) is -1.00. The number of non-ortho nitro benzene ring substituents is 1. The third-order valence-electron chi connectivity index (χ3n) is 9.27. The van der Waals surface area contributed by atoms with E-state index in [2.05, 4.69) is 18.7 Å². The average molecular weight is 535 g/mol. The molecule has 2 fully saturated rings. The van der Waals surface area contributed by atoms with Crippen molar-refractivity contribution in [1.82, 2.24) is 4.90 Å². The Bertz CT molecular complexity index is 1330. The summed E-state index contributed by atoms with van der Waals surface area (Å²) in [6.07, 6.45) is 0.0874. The van der Waals surface area contributed by atoms with E-state index >= 15 is 0 Å². The van der Waals surface area contributed by atoms with Gasteiger partial charge in [0.2, 0.25) is 0 Å². The van der Waals surface area contributed by atoms with Crippen molar-refractivity contribution in [2.24, 2.45) is 16.7 Å². The van der Waals surface area contributed by atoms with Gasteiger partial charge in [0.05, 0.1) is 23.7 Å². The first-order valence-corrected chi connectivity index (χ1v) is 13.5. The Morgan fingerprint density at radius 3 is 2.21 bits per heavy atom. The minimum atomic E-state index is -1.62. The van der Waals surface area contributed by atoms with E-state index in [-0.39, 0.29) is 55.5 Å². The Morgan fingerprint density at radius 2 is 1.64 bits per heavy atom. The number of benzene rings is 2. The van der Waals surface area contributed by atoms with Crippen LogP contribution in [0.5, 0.6) is 0 Å². The quantitative estimate of drug-likeness (QED) is 0.206. The number of carbonyl (C=O) groups is 3. The summed E-state index contributed by atoms with van der Waals surface area (Å²) in [4.78, 5) is 54.8. The number of hydrogen-bond acceptors (Lipinski definition) is 8. The fourth-order valence-electron chi connectivity index (χ4n) is 7.72. The predicted octanol–water partition coefficient (Wildman–Crippen LogP) is 5.20. The summed E-state index contributed by atoms with van der Waals surface area (Å²) in [5.74, 6) is -1.79. The number of hydrogen-bond donors (Lipinski definition) is 0. The number of carbonyl (C=O) groups excluding carboxylic acids is 3. The van der Waals surface area contributed by atoms with Crippen LogP contribution in [0.2, 0.25) is 0 Å². The fraction of sp³-hybridized carbons (Fsp3) is 0.500. The van der Waals surface area contributed by atoms with E-state index in [1.807, 2.05) is 31.2 Å². The van der Waals surface area contributed by atoms with E-state index in [1.54, 1.807) is 26.0 Å². The molecule has 0 amide bonds. The lowest BCUT2D eigenvalue weighted by Gasteiger charge is -2.48. The van der Waals surface area contributed by atoms with Crippen LogP contribution in [0, 0.1) is 26.9 Å². The second-order valence-corrected chi connectivity index (χ2v) is 11.5. The topological polar surface area (TPSA) is 116 Å². The Kier molecular flexibility index (Phi) is 6.41. The molecule has 2 bridgehead atoms. The first kappa shape index (κ1) is 27.0. The Hall–Kier alpha value is -3.59. The van der Waals surface area contributed by atoms with Crippen LogP contribution >= 0.6 is 0 Å². The molecule has 4 atom stereocenters. The number of nitro groups is 1. The highest BCUT2D eigenvalue weighted by molar-refractivity contribution is 6.10. The molecule has 1 aliphatic carbocycles. The molecule has 2 aromatic carbocycles. The second-order valence-electron chi connectivity index (χ2n) is 11.5. The minimum absolute atomic E-state index is 0.0186. The van der Waals surface area contributed by atoms with Gasteiger partial charge in [-0.3, -0.25) is 29.4 Å². The number of esters is 2. The van der Waals surface area contributed by atoms with Gasteiger partial charge in [-0.2, -0.15) is 0 Å². The molecule has 9 nitrogen and oxygen atoms in total. The van der Waals surface area contributed by atoms with Crippen molar-refractivity contribution in [3.8, 4) is 0 Å². The van der Waals surface area contributed by atoms with Gasteiger partial charge >= 0.3 is 11.9 Å². The normalized spacial score (nSPS) is 26.8. The maximum Gasteiger partial charge on any atom is 0.323 e. The molecule has 39 heavy (non-hydrogen) atoms. The standard InChI is InChI=1S/C30H34N2O7/c1-6-38-26(34)29(27(35)39-7-2)16-23-28(4,5)24-21-10-8-9-11-22(21)25(33)30(23,17-29)31(24)18(3)19-12-14-20(15-13-19)32(36)37/h8-15,18,23-24H,6-7,16-17H2,1-5H3/t18-,23+,24+,30+/m0/s1. The number of nitro benzene ring substituents is 1. The molecule has 2 aromatic rings. The number of fused-ring (bicyclic) bond motifs is 3. The number of Topliss-reactive ketones (excluding diaryl/α,β-unsaturated/α-hetero) is 1. The number of nitrogens with zero attached hydrogens (tertiary/aromatic N) is 2. The minimum Gasteiger partial charge on any atom is -0.465 e. The lowest BCUT2D eigenvalue weighted by molar-refractivity contribution is -0.384. The molecule has 0 radical (unpaired) electrons. The zero-order chi connectivity index (χ0) is 28.3. The highest BCUT2D eigenvalue weighted by Gasteiger charge is 2.78. The lowest BCUT2D eigenvalue weighted by atomic mass is 9.70. The van der Waals surface area contributed by atoms with Crippen LogP contribution in [0.1, 0.15) is 81.0 Å². The Balaban J connectivity index is 1.73. The maximum atomic E-state index is 14.7. The largest absolute Gasteiger partial charge is 0.465 e.